The number of H-pyrrole nitrogens is 1. The van der Waals surface area contributed by atoms with Crippen LogP contribution in [-0.2, 0) is 23.2 Å². The maximum Gasteiger partial charge on any atom is 0.410 e. The Kier molecular flexibility index (Phi) is 4.36. The second kappa shape index (κ2) is 6.61. The zero-order valence-corrected chi connectivity index (χ0v) is 16.4. The van der Waals surface area contributed by atoms with E-state index in [1.54, 1.807) is 11.1 Å². The minimum atomic E-state index is -0.561. The van der Waals surface area contributed by atoms with Crippen molar-refractivity contribution in [3.05, 3.63) is 47.0 Å². The van der Waals surface area contributed by atoms with Crippen LogP contribution in [0.1, 0.15) is 61.1 Å². The molecule has 2 aliphatic rings. The molecule has 0 spiro atoms. The van der Waals surface area contributed by atoms with Gasteiger partial charge in [-0.1, -0.05) is 6.07 Å². The Hall–Kier alpha value is -2.90. The predicted octanol–water partition coefficient (Wildman–Crippen LogP) is 2.52. The van der Waals surface area contributed by atoms with Gasteiger partial charge in [0.1, 0.15) is 5.60 Å². The molecule has 0 bridgehead atoms. The molecule has 8 nitrogen and oxygen atoms in total. The molecule has 2 amide bonds. The number of carbonyl (C=O) groups is 2. The summed E-state index contributed by atoms with van der Waals surface area (Å²) in [4.78, 5) is 31.4. The number of pyridine rings is 1. The first-order valence-electron chi connectivity index (χ1n) is 9.55. The maximum absolute atomic E-state index is 13.0. The highest BCUT2D eigenvalue weighted by Crippen LogP contribution is 2.44. The van der Waals surface area contributed by atoms with Crippen molar-refractivity contribution in [3.63, 3.8) is 0 Å². The fourth-order valence-corrected chi connectivity index (χ4v) is 3.46. The smallest absolute Gasteiger partial charge is 0.410 e. The molecule has 2 N–H and O–H groups in total. The Morgan fingerprint density at radius 2 is 2.07 bits per heavy atom. The fourth-order valence-electron chi connectivity index (χ4n) is 3.46. The predicted molar refractivity (Wildman–Crippen MR) is 102 cm³/mol. The number of aromatic nitrogens is 3. The molecule has 1 saturated carbocycles. The zero-order chi connectivity index (χ0) is 19.9. The second-order valence-electron chi connectivity index (χ2n) is 8.43. The van der Waals surface area contributed by atoms with Crippen LogP contribution in [-0.4, -0.2) is 44.2 Å². The van der Waals surface area contributed by atoms with Crippen LogP contribution >= 0.6 is 0 Å². The molecule has 1 aliphatic heterocycles. The highest BCUT2D eigenvalue weighted by Gasteiger charge is 2.47. The van der Waals surface area contributed by atoms with Gasteiger partial charge >= 0.3 is 6.09 Å². The van der Waals surface area contributed by atoms with Crippen molar-refractivity contribution in [2.75, 3.05) is 6.54 Å². The van der Waals surface area contributed by atoms with E-state index in [1.807, 2.05) is 39.0 Å². The molecule has 28 heavy (non-hydrogen) atoms. The summed E-state index contributed by atoms with van der Waals surface area (Å²) in [5, 5.41) is 10.3. The summed E-state index contributed by atoms with van der Waals surface area (Å²) in [5.74, 6) is -0.244. The van der Waals surface area contributed by atoms with Crippen molar-refractivity contribution in [2.45, 2.75) is 57.7 Å². The van der Waals surface area contributed by atoms with Crippen LogP contribution in [0.5, 0.6) is 0 Å². The average molecular weight is 383 g/mol. The molecule has 0 atom stereocenters. The Labute approximate surface area is 163 Å². The molecular formula is C20H25N5O3. The van der Waals surface area contributed by atoms with E-state index in [9.17, 15) is 9.59 Å². The lowest BCUT2D eigenvalue weighted by Gasteiger charge is -2.30. The zero-order valence-electron chi connectivity index (χ0n) is 16.4. The summed E-state index contributed by atoms with van der Waals surface area (Å²) < 4.78 is 5.47. The molecule has 2 aromatic heterocycles. The number of nitrogens with one attached hydrogen (secondary N) is 2. The van der Waals surface area contributed by atoms with Crippen LogP contribution in [0.25, 0.3) is 0 Å². The standard InChI is InChI=1S/C20H25N5O3/c1-19(2,3)28-18(27)25-11-7-14-13(12-25)16(24-23-14)17(26)22-20(8-9-20)15-6-4-5-10-21-15/h4-6,10H,7-9,11-12H2,1-3H3,(H,22,26)(H,23,24). The summed E-state index contributed by atoms with van der Waals surface area (Å²) in [6.45, 7) is 6.35. The molecule has 2 aromatic rings. The molecule has 1 fully saturated rings. The van der Waals surface area contributed by atoms with E-state index in [-0.39, 0.29) is 12.0 Å². The lowest BCUT2D eigenvalue weighted by atomic mass is 10.0. The maximum atomic E-state index is 13.0. The van der Waals surface area contributed by atoms with Crippen LogP contribution in [0.4, 0.5) is 4.79 Å². The van der Waals surface area contributed by atoms with Gasteiger partial charge < -0.3 is 15.0 Å². The normalized spacial score (nSPS) is 17.6. The molecule has 0 saturated heterocycles. The van der Waals surface area contributed by atoms with Crippen LogP contribution < -0.4 is 5.32 Å². The second-order valence-corrected chi connectivity index (χ2v) is 8.43. The van der Waals surface area contributed by atoms with Gasteiger partial charge in [-0.05, 0) is 45.7 Å². The molecule has 1 aliphatic carbocycles. The number of ether oxygens (including phenoxy) is 1. The average Bonchev–Trinajstić information content (AvgIpc) is 3.30. The first-order valence-corrected chi connectivity index (χ1v) is 9.55. The van der Waals surface area contributed by atoms with Crippen LogP contribution in [0.15, 0.2) is 24.4 Å². The van der Waals surface area contributed by atoms with Gasteiger partial charge in [0.05, 0.1) is 17.8 Å². The van der Waals surface area contributed by atoms with E-state index in [0.717, 1.165) is 29.8 Å². The number of hydrogen-bond donors (Lipinski definition) is 2. The van der Waals surface area contributed by atoms with Crippen LogP contribution in [0.3, 0.4) is 0 Å². The number of hydrogen-bond acceptors (Lipinski definition) is 5. The number of rotatable bonds is 3. The summed E-state index contributed by atoms with van der Waals surface area (Å²) in [6, 6.07) is 5.71. The van der Waals surface area contributed by atoms with Crippen molar-refractivity contribution in [1.82, 2.24) is 25.4 Å². The van der Waals surface area contributed by atoms with Gasteiger partial charge in [0.2, 0.25) is 0 Å². The third-order valence-electron chi connectivity index (χ3n) is 5.06. The minimum Gasteiger partial charge on any atom is -0.444 e. The topological polar surface area (TPSA) is 100 Å². The van der Waals surface area contributed by atoms with Gasteiger partial charge in [-0.15, -0.1) is 0 Å². The van der Waals surface area contributed by atoms with Crippen LogP contribution in [0.2, 0.25) is 0 Å². The Morgan fingerprint density at radius 1 is 1.29 bits per heavy atom. The van der Waals surface area contributed by atoms with E-state index in [0.29, 0.717) is 25.2 Å². The lowest BCUT2D eigenvalue weighted by Crippen LogP contribution is -2.41. The molecule has 3 heterocycles. The first-order chi connectivity index (χ1) is 13.3. The van der Waals surface area contributed by atoms with E-state index < -0.39 is 11.1 Å². The van der Waals surface area contributed by atoms with Gasteiger partial charge in [0.15, 0.2) is 5.69 Å². The molecular weight excluding hydrogens is 358 g/mol. The molecule has 0 radical (unpaired) electrons. The largest absolute Gasteiger partial charge is 0.444 e. The van der Waals surface area contributed by atoms with Crippen LogP contribution in [0, 0.1) is 0 Å². The van der Waals surface area contributed by atoms with E-state index in [2.05, 4.69) is 20.5 Å². The van der Waals surface area contributed by atoms with E-state index in [4.69, 9.17) is 4.74 Å². The van der Waals surface area contributed by atoms with Crippen molar-refractivity contribution in [2.24, 2.45) is 0 Å². The SMILES string of the molecule is CC(C)(C)OC(=O)N1CCc2[nH]nc(C(=O)NC3(c4ccccn4)CC3)c2C1. The first kappa shape index (κ1) is 18.5. The number of fused-ring (bicyclic) bond motifs is 1. The highest BCUT2D eigenvalue weighted by atomic mass is 16.6. The van der Waals surface area contributed by atoms with Gasteiger partial charge in [0, 0.05) is 30.4 Å². The van der Waals surface area contributed by atoms with Gasteiger partial charge in [-0.25, -0.2) is 4.79 Å². The molecule has 4 rings (SSSR count). The molecule has 0 aromatic carbocycles. The third-order valence-corrected chi connectivity index (χ3v) is 5.06. The monoisotopic (exact) mass is 383 g/mol. The number of aromatic amines is 1. The lowest BCUT2D eigenvalue weighted by molar-refractivity contribution is 0.0222. The van der Waals surface area contributed by atoms with Gasteiger partial charge in [-0.2, -0.15) is 5.10 Å². The number of amides is 2. The summed E-state index contributed by atoms with van der Waals surface area (Å²) >= 11 is 0. The summed E-state index contributed by atoms with van der Waals surface area (Å²) in [5.41, 5.74) is 1.88. The molecule has 0 unspecified atom stereocenters. The Balaban J connectivity index is 1.50. The van der Waals surface area contributed by atoms with Crippen molar-refractivity contribution in [1.29, 1.82) is 0 Å². The highest BCUT2D eigenvalue weighted by molar-refractivity contribution is 5.95. The van der Waals surface area contributed by atoms with Crippen molar-refractivity contribution >= 4 is 12.0 Å². The summed E-state index contributed by atoms with van der Waals surface area (Å²) in [7, 11) is 0. The van der Waals surface area contributed by atoms with Gasteiger partial charge in [0.25, 0.3) is 5.91 Å². The number of nitrogens with zero attached hydrogens (tertiary/aromatic N) is 3. The Morgan fingerprint density at radius 3 is 2.71 bits per heavy atom. The number of carbonyl (C=O) groups excluding carboxylic acids is 2. The van der Waals surface area contributed by atoms with Crippen molar-refractivity contribution in [3.8, 4) is 0 Å². The molecule has 8 heteroatoms. The third kappa shape index (κ3) is 3.58. The molecule has 148 valence electrons. The van der Waals surface area contributed by atoms with Crippen molar-refractivity contribution < 1.29 is 14.3 Å². The Bertz CT molecular complexity index is 896. The van der Waals surface area contributed by atoms with E-state index in [1.165, 1.54) is 0 Å². The quantitative estimate of drug-likeness (QED) is 0.848. The summed E-state index contributed by atoms with van der Waals surface area (Å²) in [6.07, 6.45) is 3.67. The minimum absolute atomic E-state index is 0.244. The fraction of sp³-hybridized carbons (Fsp3) is 0.500. The van der Waals surface area contributed by atoms with E-state index >= 15 is 0 Å². The van der Waals surface area contributed by atoms with Gasteiger partial charge in [-0.3, -0.25) is 14.9 Å².